The third-order valence-corrected chi connectivity index (χ3v) is 2.26. The molecule has 1 heterocycles. The van der Waals surface area contributed by atoms with Crippen molar-refractivity contribution in [1.29, 1.82) is 0 Å². The van der Waals surface area contributed by atoms with E-state index in [-0.39, 0.29) is 5.76 Å². The number of carboxylic acid groups (broad SMARTS) is 1. The van der Waals surface area contributed by atoms with E-state index in [1.54, 1.807) is 0 Å². The Kier molecular flexibility index (Phi) is 1.60. The normalized spacial score (nSPS) is 17.3. The van der Waals surface area contributed by atoms with Crippen molar-refractivity contribution in [3.63, 3.8) is 0 Å². The van der Waals surface area contributed by atoms with Crippen molar-refractivity contribution < 1.29 is 14.4 Å². The summed E-state index contributed by atoms with van der Waals surface area (Å²) in [5, 5.41) is 12.2. The quantitative estimate of drug-likeness (QED) is 0.727. The van der Waals surface area contributed by atoms with Gasteiger partial charge in [-0.1, -0.05) is 11.6 Å². The van der Waals surface area contributed by atoms with Crippen LogP contribution in [0.15, 0.2) is 10.6 Å². The van der Waals surface area contributed by atoms with Crippen LogP contribution in [-0.2, 0) is 0 Å². The van der Waals surface area contributed by atoms with Crippen LogP contribution in [0.5, 0.6) is 0 Å². The number of aromatic carboxylic acids is 1. The van der Waals surface area contributed by atoms with E-state index in [0.29, 0.717) is 5.92 Å². The lowest BCUT2D eigenvalue weighted by Gasteiger charge is -2.22. The van der Waals surface area contributed by atoms with Gasteiger partial charge in [-0.3, -0.25) is 0 Å². The van der Waals surface area contributed by atoms with Gasteiger partial charge in [0.1, 0.15) is 0 Å². The summed E-state index contributed by atoms with van der Waals surface area (Å²) in [5.41, 5.74) is 0.790. The summed E-state index contributed by atoms with van der Waals surface area (Å²) in [5.74, 6) is -0.674. The SMILES string of the molecule is O=C(O)c1cc(C2CCC2)no1. The summed E-state index contributed by atoms with van der Waals surface area (Å²) in [7, 11) is 0. The molecule has 64 valence electrons. The molecular formula is C8H9NO3. The lowest BCUT2D eigenvalue weighted by atomic mass is 9.83. The van der Waals surface area contributed by atoms with Gasteiger partial charge in [-0.05, 0) is 12.8 Å². The third kappa shape index (κ3) is 1.09. The van der Waals surface area contributed by atoms with Gasteiger partial charge in [-0.15, -0.1) is 0 Å². The number of hydrogen-bond donors (Lipinski definition) is 1. The minimum atomic E-state index is -1.05. The molecule has 2 rings (SSSR count). The van der Waals surface area contributed by atoms with Crippen LogP contribution in [0, 0.1) is 0 Å². The molecule has 0 aliphatic heterocycles. The van der Waals surface area contributed by atoms with Gasteiger partial charge in [-0.25, -0.2) is 4.79 Å². The number of hydrogen-bond acceptors (Lipinski definition) is 3. The number of aromatic nitrogens is 1. The van der Waals surface area contributed by atoms with Gasteiger partial charge in [-0.2, -0.15) is 0 Å². The fourth-order valence-electron chi connectivity index (χ4n) is 1.29. The first-order valence-electron chi connectivity index (χ1n) is 3.97. The Balaban J connectivity index is 2.17. The summed E-state index contributed by atoms with van der Waals surface area (Å²) in [6.07, 6.45) is 3.41. The highest BCUT2D eigenvalue weighted by Gasteiger charge is 2.24. The second-order valence-electron chi connectivity index (χ2n) is 3.05. The summed E-state index contributed by atoms with van der Waals surface area (Å²) in [6.45, 7) is 0. The zero-order chi connectivity index (χ0) is 8.55. The van der Waals surface area contributed by atoms with Gasteiger partial charge in [0.25, 0.3) is 0 Å². The van der Waals surface area contributed by atoms with Crippen LogP contribution in [0.3, 0.4) is 0 Å². The Hall–Kier alpha value is -1.32. The predicted molar refractivity (Wildman–Crippen MR) is 40.1 cm³/mol. The number of rotatable bonds is 2. The molecule has 0 atom stereocenters. The summed E-state index contributed by atoms with van der Waals surface area (Å²) in [6, 6.07) is 1.52. The van der Waals surface area contributed by atoms with Crippen molar-refractivity contribution in [2.24, 2.45) is 0 Å². The fraction of sp³-hybridized carbons (Fsp3) is 0.500. The maximum atomic E-state index is 10.4. The molecule has 1 saturated carbocycles. The maximum absolute atomic E-state index is 10.4. The molecular weight excluding hydrogens is 158 g/mol. The minimum absolute atomic E-state index is 0.0584. The van der Waals surface area contributed by atoms with Crippen molar-refractivity contribution in [2.75, 3.05) is 0 Å². The zero-order valence-corrected chi connectivity index (χ0v) is 6.49. The Morgan fingerprint density at radius 3 is 2.83 bits per heavy atom. The molecule has 1 aromatic rings. The molecule has 0 aromatic carbocycles. The van der Waals surface area contributed by atoms with Crippen molar-refractivity contribution >= 4 is 5.97 Å². The van der Waals surface area contributed by atoms with Gasteiger partial charge < -0.3 is 9.63 Å². The van der Waals surface area contributed by atoms with E-state index in [4.69, 9.17) is 5.11 Å². The first-order chi connectivity index (χ1) is 5.77. The average Bonchev–Trinajstić information content (AvgIpc) is 2.32. The van der Waals surface area contributed by atoms with E-state index in [1.165, 1.54) is 12.5 Å². The molecule has 1 N–H and O–H groups in total. The summed E-state index contributed by atoms with van der Waals surface area (Å²) >= 11 is 0. The molecule has 4 heteroatoms. The molecule has 0 amide bonds. The predicted octanol–water partition coefficient (Wildman–Crippen LogP) is 1.64. The van der Waals surface area contributed by atoms with Crippen LogP contribution in [0.1, 0.15) is 41.4 Å². The lowest BCUT2D eigenvalue weighted by molar-refractivity contribution is 0.0652. The van der Waals surface area contributed by atoms with Crippen LogP contribution < -0.4 is 0 Å². The standard InChI is InChI=1S/C8H9NO3/c10-8(11)7-4-6(9-12-7)5-2-1-3-5/h4-5H,1-3H2,(H,10,11). The molecule has 1 fully saturated rings. The van der Waals surface area contributed by atoms with E-state index < -0.39 is 5.97 Å². The summed E-state index contributed by atoms with van der Waals surface area (Å²) < 4.78 is 4.63. The smallest absolute Gasteiger partial charge is 0.374 e. The van der Waals surface area contributed by atoms with E-state index in [9.17, 15) is 4.79 Å². The monoisotopic (exact) mass is 167 g/mol. The minimum Gasteiger partial charge on any atom is -0.475 e. The van der Waals surface area contributed by atoms with Gasteiger partial charge in [0.15, 0.2) is 0 Å². The second-order valence-corrected chi connectivity index (χ2v) is 3.05. The van der Waals surface area contributed by atoms with Crippen molar-refractivity contribution in [3.05, 3.63) is 17.5 Å². The Bertz CT molecular complexity index is 301. The van der Waals surface area contributed by atoms with E-state index in [2.05, 4.69) is 9.68 Å². The Morgan fingerprint density at radius 1 is 1.67 bits per heavy atom. The maximum Gasteiger partial charge on any atom is 0.374 e. The van der Waals surface area contributed by atoms with E-state index in [1.807, 2.05) is 0 Å². The van der Waals surface area contributed by atoms with E-state index >= 15 is 0 Å². The van der Waals surface area contributed by atoms with Crippen LogP contribution in [0.2, 0.25) is 0 Å². The lowest BCUT2D eigenvalue weighted by Crippen LogP contribution is -2.08. The van der Waals surface area contributed by atoms with Gasteiger partial charge in [0, 0.05) is 12.0 Å². The topological polar surface area (TPSA) is 63.3 Å². The Morgan fingerprint density at radius 2 is 2.42 bits per heavy atom. The highest BCUT2D eigenvalue weighted by Crippen LogP contribution is 2.35. The van der Waals surface area contributed by atoms with Crippen LogP contribution in [0.25, 0.3) is 0 Å². The molecule has 0 saturated heterocycles. The first kappa shape index (κ1) is 7.34. The molecule has 0 radical (unpaired) electrons. The highest BCUT2D eigenvalue weighted by atomic mass is 16.5. The fourth-order valence-corrected chi connectivity index (χ4v) is 1.29. The molecule has 1 aliphatic rings. The van der Waals surface area contributed by atoms with Gasteiger partial charge >= 0.3 is 5.97 Å². The van der Waals surface area contributed by atoms with Gasteiger partial charge in [0.05, 0.1) is 5.69 Å². The number of nitrogens with zero attached hydrogens (tertiary/aromatic N) is 1. The highest BCUT2D eigenvalue weighted by molar-refractivity contribution is 5.84. The molecule has 1 aromatic heterocycles. The number of carboxylic acids is 1. The molecule has 0 unspecified atom stereocenters. The first-order valence-corrected chi connectivity index (χ1v) is 3.97. The van der Waals surface area contributed by atoms with Crippen molar-refractivity contribution in [2.45, 2.75) is 25.2 Å². The molecule has 0 bridgehead atoms. The summed E-state index contributed by atoms with van der Waals surface area (Å²) in [4.78, 5) is 10.4. The van der Waals surface area contributed by atoms with E-state index in [0.717, 1.165) is 18.5 Å². The van der Waals surface area contributed by atoms with Crippen molar-refractivity contribution in [3.8, 4) is 0 Å². The second kappa shape index (κ2) is 2.62. The van der Waals surface area contributed by atoms with Crippen LogP contribution >= 0.6 is 0 Å². The molecule has 0 spiro atoms. The largest absolute Gasteiger partial charge is 0.475 e. The average molecular weight is 167 g/mol. The Labute approximate surface area is 69.2 Å². The number of carbonyl (C=O) groups is 1. The zero-order valence-electron chi connectivity index (χ0n) is 6.49. The molecule has 12 heavy (non-hydrogen) atoms. The molecule has 1 aliphatic carbocycles. The van der Waals surface area contributed by atoms with Crippen LogP contribution in [-0.4, -0.2) is 16.2 Å². The van der Waals surface area contributed by atoms with Gasteiger partial charge in [0.2, 0.25) is 5.76 Å². The van der Waals surface area contributed by atoms with Crippen LogP contribution in [0.4, 0.5) is 0 Å². The third-order valence-electron chi connectivity index (χ3n) is 2.26. The molecule has 4 nitrogen and oxygen atoms in total. The van der Waals surface area contributed by atoms with Crippen molar-refractivity contribution in [1.82, 2.24) is 5.16 Å².